The largest absolute Gasteiger partial charge is 0.360 e. The van der Waals surface area contributed by atoms with Gasteiger partial charge in [0.2, 0.25) is 0 Å². The molecule has 20 heavy (non-hydrogen) atoms. The standard InChI is InChI=1S/C16H11BrFNO/c1-9-2-4-11-13(8-19-15(11)6-9)16(20)12-5-3-10(17)7-14(12)18/h2-8,19H,1H3. The van der Waals surface area contributed by atoms with Gasteiger partial charge >= 0.3 is 0 Å². The fourth-order valence-corrected chi connectivity index (χ4v) is 2.58. The molecular weight excluding hydrogens is 321 g/mol. The summed E-state index contributed by atoms with van der Waals surface area (Å²) in [7, 11) is 0. The van der Waals surface area contributed by atoms with Crippen LogP contribution in [0.15, 0.2) is 47.1 Å². The summed E-state index contributed by atoms with van der Waals surface area (Å²) in [5.41, 5.74) is 2.55. The molecule has 0 saturated heterocycles. The summed E-state index contributed by atoms with van der Waals surface area (Å²) in [5, 5.41) is 0.808. The highest BCUT2D eigenvalue weighted by molar-refractivity contribution is 9.10. The molecule has 0 fully saturated rings. The molecule has 2 aromatic carbocycles. The summed E-state index contributed by atoms with van der Waals surface area (Å²) in [6, 6.07) is 10.2. The van der Waals surface area contributed by atoms with E-state index >= 15 is 0 Å². The summed E-state index contributed by atoms with van der Waals surface area (Å²) in [6.45, 7) is 1.98. The average Bonchev–Trinajstić information content (AvgIpc) is 2.80. The van der Waals surface area contributed by atoms with Crippen LogP contribution in [0, 0.1) is 12.7 Å². The molecule has 0 spiro atoms. The number of rotatable bonds is 2. The van der Waals surface area contributed by atoms with E-state index in [1.807, 2.05) is 25.1 Å². The van der Waals surface area contributed by atoms with Crippen LogP contribution in [-0.2, 0) is 0 Å². The molecule has 3 rings (SSSR count). The number of benzene rings is 2. The van der Waals surface area contributed by atoms with Crippen molar-refractivity contribution >= 4 is 32.6 Å². The van der Waals surface area contributed by atoms with Gasteiger partial charge in [-0.05, 0) is 36.8 Å². The topological polar surface area (TPSA) is 32.9 Å². The molecule has 0 amide bonds. The Morgan fingerprint density at radius 2 is 1.95 bits per heavy atom. The summed E-state index contributed by atoms with van der Waals surface area (Å²) in [5.74, 6) is -0.837. The van der Waals surface area contributed by atoms with Gasteiger partial charge in [0.05, 0.1) is 5.56 Å². The zero-order chi connectivity index (χ0) is 14.3. The van der Waals surface area contributed by atoms with Gasteiger partial charge in [0, 0.05) is 27.1 Å². The van der Waals surface area contributed by atoms with E-state index in [-0.39, 0.29) is 11.3 Å². The van der Waals surface area contributed by atoms with Crippen molar-refractivity contribution in [1.82, 2.24) is 4.98 Å². The van der Waals surface area contributed by atoms with Gasteiger partial charge in [-0.25, -0.2) is 4.39 Å². The Hall–Kier alpha value is -1.94. The van der Waals surface area contributed by atoms with Crippen molar-refractivity contribution in [2.45, 2.75) is 6.92 Å². The molecule has 1 aromatic heterocycles. The lowest BCUT2D eigenvalue weighted by Crippen LogP contribution is -2.03. The minimum absolute atomic E-state index is 0.0784. The average molecular weight is 332 g/mol. The van der Waals surface area contributed by atoms with Crippen LogP contribution in [0.25, 0.3) is 10.9 Å². The minimum Gasteiger partial charge on any atom is -0.360 e. The van der Waals surface area contributed by atoms with Gasteiger partial charge in [0.25, 0.3) is 0 Å². The van der Waals surface area contributed by atoms with Crippen LogP contribution in [0.2, 0.25) is 0 Å². The third-order valence-electron chi connectivity index (χ3n) is 3.26. The lowest BCUT2D eigenvalue weighted by Gasteiger charge is -2.02. The van der Waals surface area contributed by atoms with E-state index in [1.54, 1.807) is 12.3 Å². The number of halogens is 2. The van der Waals surface area contributed by atoms with Crippen LogP contribution >= 0.6 is 15.9 Å². The summed E-state index contributed by atoms with van der Waals surface area (Å²) >= 11 is 3.18. The monoisotopic (exact) mass is 331 g/mol. The zero-order valence-corrected chi connectivity index (χ0v) is 12.3. The SMILES string of the molecule is Cc1ccc2c(C(=O)c3ccc(Br)cc3F)c[nH]c2c1. The highest BCUT2D eigenvalue weighted by atomic mass is 79.9. The summed E-state index contributed by atoms with van der Waals surface area (Å²) in [4.78, 5) is 15.5. The molecule has 0 aliphatic heterocycles. The number of aromatic nitrogens is 1. The fraction of sp³-hybridized carbons (Fsp3) is 0.0625. The first-order valence-corrected chi connectivity index (χ1v) is 6.93. The number of nitrogens with one attached hydrogen (secondary N) is 1. The predicted molar refractivity (Wildman–Crippen MR) is 80.6 cm³/mol. The number of hydrogen-bond acceptors (Lipinski definition) is 1. The van der Waals surface area contributed by atoms with Crippen LogP contribution < -0.4 is 0 Å². The molecule has 0 atom stereocenters. The number of aryl methyl sites for hydroxylation is 1. The molecular formula is C16H11BrFNO. The van der Waals surface area contributed by atoms with E-state index < -0.39 is 5.82 Å². The highest BCUT2D eigenvalue weighted by Crippen LogP contribution is 2.24. The second-order valence-electron chi connectivity index (χ2n) is 4.70. The van der Waals surface area contributed by atoms with Crippen molar-refractivity contribution in [2.75, 3.05) is 0 Å². The van der Waals surface area contributed by atoms with Crippen molar-refractivity contribution in [1.29, 1.82) is 0 Å². The highest BCUT2D eigenvalue weighted by Gasteiger charge is 2.17. The Bertz CT molecular complexity index is 822. The van der Waals surface area contributed by atoms with Gasteiger partial charge in [-0.3, -0.25) is 4.79 Å². The maximum absolute atomic E-state index is 13.9. The molecule has 4 heteroatoms. The second kappa shape index (κ2) is 4.87. The van der Waals surface area contributed by atoms with Crippen LogP contribution in [0.4, 0.5) is 4.39 Å². The first-order chi connectivity index (χ1) is 9.56. The molecule has 0 aliphatic rings. The second-order valence-corrected chi connectivity index (χ2v) is 5.62. The van der Waals surface area contributed by atoms with E-state index in [1.165, 1.54) is 12.1 Å². The Morgan fingerprint density at radius 3 is 2.70 bits per heavy atom. The van der Waals surface area contributed by atoms with E-state index in [9.17, 15) is 9.18 Å². The Morgan fingerprint density at radius 1 is 1.15 bits per heavy atom. The minimum atomic E-state index is -0.522. The van der Waals surface area contributed by atoms with Crippen LogP contribution in [-0.4, -0.2) is 10.8 Å². The quantitative estimate of drug-likeness (QED) is 0.683. The maximum atomic E-state index is 13.9. The normalized spacial score (nSPS) is 10.9. The Balaban J connectivity index is 2.13. The maximum Gasteiger partial charge on any atom is 0.198 e. The van der Waals surface area contributed by atoms with Crippen molar-refractivity contribution in [2.24, 2.45) is 0 Å². The van der Waals surface area contributed by atoms with Crippen LogP contribution in [0.3, 0.4) is 0 Å². The van der Waals surface area contributed by atoms with Crippen molar-refractivity contribution in [3.05, 3.63) is 69.6 Å². The van der Waals surface area contributed by atoms with Crippen molar-refractivity contribution in [3.8, 4) is 0 Å². The third kappa shape index (κ3) is 2.16. The molecule has 3 aromatic rings. The van der Waals surface area contributed by atoms with Gasteiger partial charge in [-0.15, -0.1) is 0 Å². The summed E-state index contributed by atoms with van der Waals surface area (Å²) < 4.78 is 14.5. The number of carbonyl (C=O) groups excluding carboxylic acids is 1. The molecule has 100 valence electrons. The molecule has 0 unspecified atom stereocenters. The molecule has 1 N–H and O–H groups in total. The van der Waals surface area contributed by atoms with E-state index in [4.69, 9.17) is 0 Å². The van der Waals surface area contributed by atoms with E-state index in [0.717, 1.165) is 16.5 Å². The number of carbonyl (C=O) groups is 1. The number of fused-ring (bicyclic) bond motifs is 1. The first kappa shape index (κ1) is 13.1. The number of aromatic amines is 1. The molecule has 2 nitrogen and oxygen atoms in total. The lowest BCUT2D eigenvalue weighted by molar-refractivity contribution is 0.103. The molecule has 0 bridgehead atoms. The zero-order valence-electron chi connectivity index (χ0n) is 10.7. The predicted octanol–water partition coefficient (Wildman–Crippen LogP) is 4.61. The van der Waals surface area contributed by atoms with E-state index in [2.05, 4.69) is 20.9 Å². The lowest BCUT2D eigenvalue weighted by atomic mass is 10.0. The molecule has 1 heterocycles. The van der Waals surface area contributed by atoms with Gasteiger partial charge in [-0.2, -0.15) is 0 Å². The summed E-state index contributed by atoms with van der Waals surface area (Å²) in [6.07, 6.45) is 1.63. The van der Waals surface area contributed by atoms with Crippen molar-refractivity contribution in [3.63, 3.8) is 0 Å². The van der Waals surface area contributed by atoms with Crippen LogP contribution in [0.5, 0.6) is 0 Å². The van der Waals surface area contributed by atoms with Crippen molar-refractivity contribution < 1.29 is 9.18 Å². The van der Waals surface area contributed by atoms with Crippen LogP contribution in [0.1, 0.15) is 21.5 Å². The number of hydrogen-bond donors (Lipinski definition) is 1. The number of ketones is 1. The van der Waals surface area contributed by atoms with Gasteiger partial charge in [-0.1, -0.05) is 28.1 Å². The molecule has 0 saturated carbocycles. The van der Waals surface area contributed by atoms with Gasteiger partial charge in [0.15, 0.2) is 5.78 Å². The van der Waals surface area contributed by atoms with Gasteiger partial charge < -0.3 is 4.98 Å². The first-order valence-electron chi connectivity index (χ1n) is 6.14. The molecule has 0 radical (unpaired) electrons. The van der Waals surface area contributed by atoms with E-state index in [0.29, 0.717) is 10.0 Å². The fourth-order valence-electron chi connectivity index (χ4n) is 2.25. The third-order valence-corrected chi connectivity index (χ3v) is 3.75. The Labute approximate surface area is 123 Å². The number of H-pyrrole nitrogens is 1. The Kier molecular flexibility index (Phi) is 3.18. The molecule has 0 aliphatic carbocycles. The van der Waals surface area contributed by atoms with Gasteiger partial charge in [0.1, 0.15) is 5.82 Å². The smallest absolute Gasteiger partial charge is 0.198 e.